The van der Waals surface area contributed by atoms with E-state index in [9.17, 15) is 28.8 Å². The Morgan fingerprint density at radius 1 is 0.438 bits per heavy atom. The number of hydrogen-bond acceptors (Lipinski definition) is 13. The number of carbonyl (C=O) groups is 6. The number of nitrogens with one attached hydrogen (secondary N) is 11. The molecule has 0 fully saturated rings. The maximum atomic E-state index is 13.1. The topological polar surface area (TPSA) is 269 Å². The summed E-state index contributed by atoms with van der Waals surface area (Å²) < 4.78 is 16.5. The molecular weight excluding hydrogens is 1070 g/mol. The Balaban J connectivity index is -0.00000941. The summed E-state index contributed by atoms with van der Waals surface area (Å²) in [4.78, 5) is 78.6. The van der Waals surface area contributed by atoms with Gasteiger partial charge in [0.25, 0.3) is 0 Å². The van der Waals surface area contributed by atoms with Gasteiger partial charge >= 0.3 is 28.7 Å². The summed E-state index contributed by atoms with van der Waals surface area (Å²) in [5, 5.41) is 33.4. The third-order valence-electron chi connectivity index (χ3n) is 10.0. The summed E-state index contributed by atoms with van der Waals surface area (Å²) in [6, 6.07) is 0. The van der Waals surface area contributed by atoms with Crippen molar-refractivity contribution in [3.05, 3.63) is 6.92 Å². The van der Waals surface area contributed by atoms with Crippen LogP contribution < -0.4 is 58.5 Å². The first-order chi connectivity index (χ1) is 34.8. The summed E-state index contributed by atoms with van der Waals surface area (Å²) in [5.74, 6) is -0.494. The molecular formula is C46H87N13NiO9S4. The molecule has 0 saturated heterocycles. The van der Waals surface area contributed by atoms with E-state index in [2.05, 4.69) is 83.1 Å². The fourth-order valence-corrected chi connectivity index (χ4v) is 6.33. The molecule has 424 valence electrons. The molecule has 0 unspecified atom stereocenters. The van der Waals surface area contributed by atoms with Crippen LogP contribution in [0.25, 0.3) is 0 Å². The summed E-state index contributed by atoms with van der Waals surface area (Å²) >= 11 is 19.4. The number of amides is 6. The van der Waals surface area contributed by atoms with Crippen LogP contribution in [-0.4, -0.2) is 193 Å². The summed E-state index contributed by atoms with van der Waals surface area (Å²) in [5.41, 5.74) is 2.26. The molecule has 0 aliphatic rings. The maximum Gasteiger partial charge on any atom is 2.00 e. The SMILES string of the molecule is CN[C-]=S.[CH2-]CCCCC(=O)NCCN(CCNC(=O)CCCCCNC(=S)NC)C(=O)OCCOCCOC(=O)N(CCNC(=O)CCCCCNC(=S)NC)CCNC(=O)CCCCCNC(=S)NC.[Ni+2]. The van der Waals surface area contributed by atoms with E-state index in [0.29, 0.717) is 60.3 Å². The quantitative estimate of drug-likeness (QED) is 0.0137. The molecule has 22 nitrogen and oxygen atoms in total. The molecule has 6 amide bonds. The normalized spacial score (nSPS) is 9.99. The third kappa shape index (κ3) is 49.8. The van der Waals surface area contributed by atoms with Gasteiger partial charge in [0.05, 0.1) is 13.2 Å². The number of ether oxygens (including phenoxy) is 3. The van der Waals surface area contributed by atoms with E-state index in [1.807, 2.05) is 0 Å². The minimum atomic E-state index is -0.637. The molecule has 0 aromatic rings. The van der Waals surface area contributed by atoms with Gasteiger partial charge in [-0.25, -0.2) is 9.59 Å². The molecule has 0 heterocycles. The number of rotatable bonds is 41. The molecule has 27 heteroatoms. The zero-order chi connectivity index (χ0) is 53.9. The molecule has 0 radical (unpaired) electrons. The molecule has 0 atom stereocenters. The van der Waals surface area contributed by atoms with Crippen molar-refractivity contribution >= 4 is 106 Å². The average molecular weight is 1150 g/mol. The number of hydrogen-bond donors (Lipinski definition) is 11. The first-order valence-electron chi connectivity index (χ1n) is 25.0. The van der Waals surface area contributed by atoms with Crippen molar-refractivity contribution in [3.8, 4) is 0 Å². The summed E-state index contributed by atoms with van der Waals surface area (Å²) in [6.07, 6.45) is 9.78. The van der Waals surface area contributed by atoms with Gasteiger partial charge in [-0.15, -0.1) is 0 Å². The molecule has 0 aromatic carbocycles. The standard InChI is InChI=1S/C44H83N12O9S3.C2H4NS.Ni/c1-5-6-10-17-36(57)48-24-28-55(29-25-49-37(58)18-11-7-14-21-52-40(66)45-2)43(61)64-34-32-63-33-35-65-44(62)56(30-26-50-38(59)19-12-8-15-22-53-41(67)46-3)31-27-51-39(60)20-13-9-16-23-54-42(68)47-4;1-3-2-4;/h1,5-35H2,2-4H3,(H,48,57)(H,49,58)(H,50,59)(H,51,60)(H2,45,52,66)(H2,46,53,67)(H2,47,54,68);1H3,(H,3,4);/q2*-1;+2. The van der Waals surface area contributed by atoms with E-state index in [1.165, 1.54) is 9.80 Å². The maximum absolute atomic E-state index is 13.1. The van der Waals surface area contributed by atoms with Gasteiger partial charge in [0.15, 0.2) is 15.3 Å². The zero-order valence-electron chi connectivity index (χ0n) is 43.6. The largest absolute Gasteiger partial charge is 2.00 e. The Bertz CT molecular complexity index is 1490. The summed E-state index contributed by atoms with van der Waals surface area (Å²) in [7, 11) is 6.97. The van der Waals surface area contributed by atoms with Crippen molar-refractivity contribution in [2.45, 2.75) is 103 Å². The third-order valence-corrected chi connectivity index (χ3v) is 11.3. The molecule has 0 spiro atoms. The second kappa shape index (κ2) is 54.1. The predicted octanol–water partition coefficient (Wildman–Crippen LogP) is 1.74. The van der Waals surface area contributed by atoms with Gasteiger partial charge in [-0.3, -0.25) is 19.2 Å². The molecule has 0 aromatic heterocycles. The van der Waals surface area contributed by atoms with E-state index < -0.39 is 12.2 Å². The Morgan fingerprint density at radius 3 is 0.986 bits per heavy atom. The zero-order valence-corrected chi connectivity index (χ0v) is 47.9. The van der Waals surface area contributed by atoms with Gasteiger partial charge in [0.1, 0.15) is 13.2 Å². The van der Waals surface area contributed by atoms with Crippen LogP contribution in [0.5, 0.6) is 0 Å². The van der Waals surface area contributed by atoms with E-state index >= 15 is 0 Å². The van der Waals surface area contributed by atoms with Crippen LogP contribution in [0, 0.1) is 6.92 Å². The van der Waals surface area contributed by atoms with E-state index in [4.69, 9.17) is 50.9 Å². The van der Waals surface area contributed by atoms with Crippen molar-refractivity contribution in [1.29, 1.82) is 0 Å². The van der Waals surface area contributed by atoms with Crippen LogP contribution in [0.3, 0.4) is 0 Å². The first kappa shape index (κ1) is 73.1. The van der Waals surface area contributed by atoms with Crippen LogP contribution in [-0.2, 0) is 49.9 Å². The van der Waals surface area contributed by atoms with Gasteiger partial charge in [0, 0.05) is 119 Å². The average Bonchev–Trinajstić information content (AvgIpc) is 3.37. The number of nitrogens with zero attached hydrogens (tertiary/aromatic N) is 2. The van der Waals surface area contributed by atoms with E-state index in [-0.39, 0.29) is 119 Å². The Hall–Kier alpha value is -4.17. The fourth-order valence-electron chi connectivity index (χ4n) is 6.02. The Labute approximate surface area is 467 Å². The van der Waals surface area contributed by atoms with Crippen molar-refractivity contribution in [1.82, 2.24) is 68.3 Å². The van der Waals surface area contributed by atoms with Crippen molar-refractivity contribution in [2.75, 3.05) is 127 Å². The minimum absolute atomic E-state index is 0. The van der Waals surface area contributed by atoms with Gasteiger partial charge in [-0.2, -0.15) is 6.42 Å². The smallest absolute Gasteiger partial charge is 0.559 e. The van der Waals surface area contributed by atoms with Crippen LogP contribution in [0.15, 0.2) is 0 Å². The van der Waals surface area contributed by atoms with Crippen LogP contribution in [0.2, 0.25) is 0 Å². The van der Waals surface area contributed by atoms with Crippen molar-refractivity contribution in [3.63, 3.8) is 0 Å². The molecule has 0 bridgehead atoms. The molecule has 0 rings (SSSR count). The van der Waals surface area contributed by atoms with Crippen LogP contribution in [0.1, 0.15) is 103 Å². The second-order valence-corrected chi connectivity index (χ2v) is 17.3. The Kier molecular flexibility index (Phi) is 54.2. The first-order valence-corrected chi connectivity index (χ1v) is 26.6. The van der Waals surface area contributed by atoms with Gasteiger partial charge < -0.3 is 107 Å². The van der Waals surface area contributed by atoms with Crippen LogP contribution in [0.4, 0.5) is 9.59 Å². The van der Waals surface area contributed by atoms with Crippen LogP contribution >= 0.6 is 48.9 Å². The number of unbranched alkanes of at least 4 members (excludes halogenated alkanes) is 8. The number of carbonyl (C=O) groups excluding carboxylic acids is 6. The molecule has 73 heavy (non-hydrogen) atoms. The van der Waals surface area contributed by atoms with Gasteiger partial charge in [-0.05, 0) is 88.6 Å². The van der Waals surface area contributed by atoms with Crippen molar-refractivity contribution < 1.29 is 59.5 Å². The second-order valence-electron chi connectivity index (χ2n) is 15.8. The molecule has 0 aliphatic carbocycles. The van der Waals surface area contributed by atoms with Gasteiger partial charge in [0.2, 0.25) is 23.6 Å². The molecule has 0 saturated carbocycles. The van der Waals surface area contributed by atoms with Gasteiger partial charge in [-0.1, -0.05) is 25.7 Å². The monoisotopic (exact) mass is 1150 g/mol. The Morgan fingerprint density at radius 2 is 0.726 bits per heavy atom. The minimum Gasteiger partial charge on any atom is -0.559 e. The molecule has 11 N–H and O–H groups in total. The predicted molar refractivity (Wildman–Crippen MR) is 299 cm³/mol. The molecule has 0 aliphatic heterocycles. The van der Waals surface area contributed by atoms with Crippen molar-refractivity contribution in [2.24, 2.45) is 0 Å². The summed E-state index contributed by atoms with van der Waals surface area (Å²) in [6.45, 7) is 7.30. The van der Waals surface area contributed by atoms with E-state index in [1.54, 1.807) is 28.2 Å². The number of thiocarbonyl (C=S) groups is 4. The van der Waals surface area contributed by atoms with E-state index in [0.717, 1.165) is 77.4 Å². The fraction of sp³-hybridized carbons (Fsp3) is 0.761.